The van der Waals surface area contributed by atoms with E-state index in [1.54, 1.807) is 12.1 Å². The smallest absolute Gasteiger partial charge is 0.240 e. The highest BCUT2D eigenvalue weighted by Gasteiger charge is 2.21. The lowest BCUT2D eigenvalue weighted by molar-refractivity contribution is -0.0300. The molecule has 1 unspecified atom stereocenters. The maximum absolute atomic E-state index is 12.4. The molecule has 1 N–H and O–H groups in total. The van der Waals surface area contributed by atoms with Gasteiger partial charge in [-0.25, -0.2) is 13.1 Å². The van der Waals surface area contributed by atoms with Crippen molar-refractivity contribution in [2.24, 2.45) is 0 Å². The quantitative estimate of drug-likeness (QED) is 0.653. The minimum Gasteiger partial charge on any atom is -0.371 e. The van der Waals surface area contributed by atoms with E-state index in [9.17, 15) is 8.42 Å². The molecule has 1 saturated heterocycles. The summed E-state index contributed by atoms with van der Waals surface area (Å²) in [5, 5.41) is 0. The Bertz CT molecular complexity index is 823. The van der Waals surface area contributed by atoms with Crippen LogP contribution in [-0.4, -0.2) is 46.1 Å². The first-order valence-corrected chi connectivity index (χ1v) is 11.5. The van der Waals surface area contributed by atoms with Crippen molar-refractivity contribution in [3.8, 4) is 0 Å². The lowest BCUT2D eigenvalue weighted by atomic mass is 10.1. The van der Waals surface area contributed by atoms with Crippen LogP contribution in [0, 0.1) is 0 Å². The highest BCUT2D eigenvalue weighted by Crippen LogP contribution is 2.21. The zero-order valence-corrected chi connectivity index (χ0v) is 17.3. The summed E-state index contributed by atoms with van der Waals surface area (Å²) in [4.78, 5) is 2.68. The molecule has 0 saturated carbocycles. The highest BCUT2D eigenvalue weighted by atomic mass is 32.2. The highest BCUT2D eigenvalue weighted by molar-refractivity contribution is 7.89. The summed E-state index contributed by atoms with van der Waals surface area (Å²) in [5.74, 6) is 0. The van der Waals surface area contributed by atoms with E-state index < -0.39 is 10.0 Å². The summed E-state index contributed by atoms with van der Waals surface area (Å²) in [5.41, 5.74) is 2.36. The first-order valence-electron chi connectivity index (χ1n) is 10.1. The van der Waals surface area contributed by atoms with Gasteiger partial charge in [0.1, 0.15) is 0 Å². The number of rotatable bonds is 9. The minimum atomic E-state index is -3.44. The topological polar surface area (TPSA) is 58.6 Å². The Morgan fingerprint density at radius 3 is 2.57 bits per heavy atom. The molecule has 152 valence electrons. The fourth-order valence-corrected chi connectivity index (χ4v) is 4.57. The van der Waals surface area contributed by atoms with Crippen LogP contribution in [0.25, 0.3) is 0 Å². The second-order valence-corrected chi connectivity index (χ2v) is 8.98. The monoisotopic (exact) mass is 402 g/mol. The van der Waals surface area contributed by atoms with Crippen molar-refractivity contribution in [3.63, 3.8) is 0 Å². The van der Waals surface area contributed by atoms with Gasteiger partial charge in [0.05, 0.1) is 17.6 Å². The van der Waals surface area contributed by atoms with Gasteiger partial charge in [0.25, 0.3) is 0 Å². The van der Waals surface area contributed by atoms with Crippen molar-refractivity contribution in [1.82, 2.24) is 9.62 Å². The summed E-state index contributed by atoms with van der Waals surface area (Å²) in [6.45, 7) is 5.83. The Hall–Kier alpha value is -1.73. The molecule has 3 rings (SSSR count). The van der Waals surface area contributed by atoms with Gasteiger partial charge in [-0.15, -0.1) is 0 Å². The molecule has 0 amide bonds. The molecule has 28 heavy (non-hydrogen) atoms. The van der Waals surface area contributed by atoms with Crippen LogP contribution >= 0.6 is 0 Å². The van der Waals surface area contributed by atoms with Gasteiger partial charge >= 0.3 is 0 Å². The molecule has 1 aliphatic heterocycles. The molecule has 2 aromatic rings. The lowest BCUT2D eigenvalue weighted by Crippen LogP contribution is -2.39. The van der Waals surface area contributed by atoms with Gasteiger partial charge in [0.15, 0.2) is 0 Å². The van der Waals surface area contributed by atoms with Crippen LogP contribution in [-0.2, 0) is 21.2 Å². The van der Waals surface area contributed by atoms with E-state index in [1.165, 1.54) is 11.1 Å². The molecule has 5 nitrogen and oxygen atoms in total. The normalized spacial score (nSPS) is 18.2. The number of hydrogen-bond acceptors (Lipinski definition) is 4. The Labute approximate surface area is 168 Å². The Morgan fingerprint density at radius 2 is 1.86 bits per heavy atom. The summed E-state index contributed by atoms with van der Waals surface area (Å²) >= 11 is 0. The van der Waals surface area contributed by atoms with Crippen molar-refractivity contribution in [1.29, 1.82) is 0 Å². The number of hydrogen-bond donors (Lipinski definition) is 1. The van der Waals surface area contributed by atoms with Crippen LogP contribution in [0.3, 0.4) is 0 Å². The fraction of sp³-hybridized carbons (Fsp3) is 0.455. The van der Waals surface area contributed by atoms with Crippen molar-refractivity contribution < 1.29 is 13.2 Å². The lowest BCUT2D eigenvalue weighted by Gasteiger charge is -2.33. The van der Waals surface area contributed by atoms with Gasteiger partial charge in [-0.3, -0.25) is 4.90 Å². The first kappa shape index (κ1) is 21.0. The van der Waals surface area contributed by atoms with Crippen LogP contribution in [0.2, 0.25) is 0 Å². The van der Waals surface area contributed by atoms with E-state index in [4.69, 9.17) is 4.74 Å². The number of sulfonamides is 1. The fourth-order valence-electron chi connectivity index (χ4n) is 3.49. The Balaban J connectivity index is 1.44. The van der Waals surface area contributed by atoms with Crippen LogP contribution in [0.1, 0.15) is 37.0 Å². The third-order valence-electron chi connectivity index (χ3n) is 5.04. The molecule has 0 bridgehead atoms. The number of nitrogens with one attached hydrogen (secondary N) is 1. The van der Waals surface area contributed by atoms with E-state index in [-0.39, 0.29) is 6.10 Å². The number of nitrogens with zero attached hydrogens (tertiary/aromatic N) is 1. The predicted molar refractivity (Wildman–Crippen MR) is 112 cm³/mol. The minimum absolute atomic E-state index is 0.0910. The standard InChI is InChI=1S/C22H30N2O3S/c1-2-7-19-10-12-21(13-11-19)28(25,26)23-14-6-15-24-16-17-27-22(18-24)20-8-4-3-5-9-20/h3-5,8-13,22-23H,2,6-7,14-18H2,1H3. The molecule has 0 spiro atoms. The summed E-state index contributed by atoms with van der Waals surface area (Å²) < 4.78 is 33.5. The van der Waals surface area contributed by atoms with Crippen LogP contribution in [0.15, 0.2) is 59.5 Å². The number of benzene rings is 2. The molecule has 6 heteroatoms. The summed E-state index contributed by atoms with van der Waals surface area (Å²) in [7, 11) is -3.44. The van der Waals surface area contributed by atoms with Crippen LogP contribution < -0.4 is 4.72 Å². The third kappa shape index (κ3) is 5.88. The van der Waals surface area contributed by atoms with Gasteiger partial charge in [0, 0.05) is 19.6 Å². The average Bonchev–Trinajstić information content (AvgIpc) is 2.73. The summed E-state index contributed by atoms with van der Waals surface area (Å²) in [6, 6.07) is 17.4. The zero-order chi connectivity index (χ0) is 19.8. The largest absolute Gasteiger partial charge is 0.371 e. The van der Waals surface area contributed by atoms with Crippen molar-refractivity contribution in [3.05, 3.63) is 65.7 Å². The van der Waals surface area contributed by atoms with Gasteiger partial charge in [-0.05, 0) is 42.6 Å². The number of aryl methyl sites for hydroxylation is 1. The van der Waals surface area contributed by atoms with Crippen molar-refractivity contribution >= 4 is 10.0 Å². The molecule has 1 aliphatic rings. The van der Waals surface area contributed by atoms with Gasteiger partial charge in [-0.1, -0.05) is 55.8 Å². The molecule has 2 aromatic carbocycles. The molecule has 1 atom stereocenters. The number of ether oxygens (including phenoxy) is 1. The number of morpholine rings is 1. The second-order valence-electron chi connectivity index (χ2n) is 7.22. The maximum atomic E-state index is 12.4. The van der Waals surface area contributed by atoms with E-state index in [0.717, 1.165) is 38.9 Å². The molecule has 0 aliphatic carbocycles. The van der Waals surface area contributed by atoms with E-state index in [0.29, 0.717) is 18.0 Å². The van der Waals surface area contributed by atoms with Crippen LogP contribution in [0.5, 0.6) is 0 Å². The SMILES string of the molecule is CCCc1ccc(S(=O)(=O)NCCCN2CCOC(c3ccccc3)C2)cc1. The molecule has 0 radical (unpaired) electrons. The average molecular weight is 403 g/mol. The molecular weight excluding hydrogens is 372 g/mol. The zero-order valence-electron chi connectivity index (χ0n) is 16.5. The van der Waals surface area contributed by atoms with Gasteiger partial charge < -0.3 is 4.74 Å². The Morgan fingerprint density at radius 1 is 1.11 bits per heavy atom. The third-order valence-corrected chi connectivity index (χ3v) is 6.51. The van der Waals surface area contributed by atoms with E-state index in [2.05, 4.69) is 28.7 Å². The molecular formula is C22H30N2O3S. The molecule has 1 heterocycles. The van der Waals surface area contributed by atoms with Gasteiger partial charge in [-0.2, -0.15) is 0 Å². The summed E-state index contributed by atoms with van der Waals surface area (Å²) in [6.07, 6.45) is 2.89. The van der Waals surface area contributed by atoms with E-state index >= 15 is 0 Å². The van der Waals surface area contributed by atoms with Crippen LogP contribution in [0.4, 0.5) is 0 Å². The van der Waals surface area contributed by atoms with Crippen molar-refractivity contribution in [2.45, 2.75) is 37.2 Å². The maximum Gasteiger partial charge on any atom is 0.240 e. The van der Waals surface area contributed by atoms with Crippen molar-refractivity contribution in [2.75, 3.05) is 32.8 Å². The second kappa shape index (κ2) is 10.2. The Kier molecular flexibility index (Phi) is 7.62. The molecule has 1 fully saturated rings. The van der Waals surface area contributed by atoms with Gasteiger partial charge in [0.2, 0.25) is 10.0 Å². The first-order chi connectivity index (χ1) is 13.6. The van der Waals surface area contributed by atoms with E-state index in [1.807, 2.05) is 30.3 Å². The predicted octanol–water partition coefficient (Wildman–Crippen LogP) is 3.38. The molecule has 0 aromatic heterocycles.